The molecule has 0 bridgehead atoms. The zero-order chi connectivity index (χ0) is 23.8. The maximum Gasteiger partial charge on any atom is 0.236 e. The molecule has 2 aliphatic rings. The molecule has 0 spiro atoms. The Kier molecular flexibility index (Phi) is 6.91. The van der Waals surface area contributed by atoms with Gasteiger partial charge in [-0.15, -0.1) is 11.3 Å². The van der Waals surface area contributed by atoms with Crippen LogP contribution in [-0.2, 0) is 16.0 Å². The normalized spacial score (nSPS) is 21.7. The van der Waals surface area contributed by atoms with E-state index in [2.05, 4.69) is 37.1 Å². The number of thiophene rings is 1. The van der Waals surface area contributed by atoms with Gasteiger partial charge in [-0.25, -0.2) is 4.39 Å². The van der Waals surface area contributed by atoms with Crippen molar-refractivity contribution < 1.29 is 14.0 Å². The number of carbonyl (C=O) groups excluding carboxylic acids is 2. The van der Waals surface area contributed by atoms with E-state index in [0.717, 1.165) is 18.5 Å². The number of benzene rings is 1. The molecule has 33 heavy (non-hydrogen) atoms. The van der Waals surface area contributed by atoms with Crippen LogP contribution < -0.4 is 0 Å². The monoisotopic (exact) mass is 471 g/mol. The Bertz CT molecular complexity index is 1010. The molecule has 1 aromatic carbocycles. The van der Waals surface area contributed by atoms with Gasteiger partial charge in [0, 0.05) is 43.5 Å². The molecule has 178 valence electrons. The fraction of sp³-hybridized carbons (Fsp3) is 0.538. The second kappa shape index (κ2) is 9.55. The van der Waals surface area contributed by atoms with E-state index in [-0.39, 0.29) is 35.1 Å². The molecule has 3 heterocycles. The summed E-state index contributed by atoms with van der Waals surface area (Å²) in [5, 5.41) is 2.08. The zero-order valence-electron chi connectivity index (χ0n) is 20.0. The predicted octanol–water partition coefficient (Wildman–Crippen LogP) is 4.33. The SMILES string of the molecule is C[C@@H]1CN(C(=O)CN2CCc3sccc3[C@H]2c2cccc(F)c2)CCN1C(=O)CC(C)(C)C. The molecule has 0 radical (unpaired) electrons. The van der Waals surface area contributed by atoms with Crippen molar-refractivity contribution in [3.8, 4) is 0 Å². The van der Waals surface area contributed by atoms with Crippen molar-refractivity contribution in [2.45, 2.75) is 52.6 Å². The smallest absolute Gasteiger partial charge is 0.236 e. The van der Waals surface area contributed by atoms with Gasteiger partial charge in [-0.2, -0.15) is 0 Å². The van der Waals surface area contributed by atoms with E-state index < -0.39 is 0 Å². The van der Waals surface area contributed by atoms with Crippen LogP contribution in [0.25, 0.3) is 0 Å². The van der Waals surface area contributed by atoms with E-state index in [1.807, 2.05) is 22.8 Å². The van der Waals surface area contributed by atoms with Crippen molar-refractivity contribution >= 4 is 23.2 Å². The molecule has 7 heteroatoms. The molecule has 1 saturated heterocycles. The van der Waals surface area contributed by atoms with Crippen molar-refractivity contribution in [3.05, 3.63) is 57.5 Å². The molecule has 0 saturated carbocycles. The predicted molar refractivity (Wildman–Crippen MR) is 130 cm³/mol. The highest BCUT2D eigenvalue weighted by Crippen LogP contribution is 2.37. The van der Waals surface area contributed by atoms with Crippen LogP contribution in [0.15, 0.2) is 35.7 Å². The largest absolute Gasteiger partial charge is 0.338 e. The molecule has 2 amide bonds. The lowest BCUT2D eigenvalue weighted by Crippen LogP contribution is -2.57. The van der Waals surface area contributed by atoms with E-state index in [0.29, 0.717) is 32.6 Å². The molecule has 0 unspecified atom stereocenters. The van der Waals surface area contributed by atoms with Gasteiger partial charge >= 0.3 is 0 Å². The van der Waals surface area contributed by atoms with Crippen LogP contribution in [0.5, 0.6) is 0 Å². The Balaban J connectivity index is 1.45. The molecule has 0 aliphatic carbocycles. The highest BCUT2D eigenvalue weighted by Gasteiger charge is 2.35. The van der Waals surface area contributed by atoms with Gasteiger partial charge in [-0.05, 0) is 53.5 Å². The zero-order valence-corrected chi connectivity index (χ0v) is 20.8. The van der Waals surface area contributed by atoms with Gasteiger partial charge in [-0.3, -0.25) is 14.5 Å². The first-order chi connectivity index (χ1) is 15.6. The lowest BCUT2D eigenvalue weighted by molar-refractivity contribution is -0.144. The summed E-state index contributed by atoms with van der Waals surface area (Å²) in [5.41, 5.74) is 2.01. The van der Waals surface area contributed by atoms with Gasteiger partial charge in [0.25, 0.3) is 0 Å². The van der Waals surface area contributed by atoms with Crippen LogP contribution in [0, 0.1) is 11.2 Å². The molecule has 5 nitrogen and oxygen atoms in total. The van der Waals surface area contributed by atoms with Crippen LogP contribution >= 0.6 is 11.3 Å². The second-order valence-corrected chi connectivity index (χ2v) is 11.5. The third kappa shape index (κ3) is 5.46. The summed E-state index contributed by atoms with van der Waals surface area (Å²) < 4.78 is 14.0. The van der Waals surface area contributed by atoms with E-state index in [4.69, 9.17) is 0 Å². The van der Waals surface area contributed by atoms with Crippen molar-refractivity contribution in [2.24, 2.45) is 5.41 Å². The lowest BCUT2D eigenvalue weighted by atomic mass is 9.91. The number of amides is 2. The summed E-state index contributed by atoms with van der Waals surface area (Å²) in [6.07, 6.45) is 1.41. The van der Waals surface area contributed by atoms with Gasteiger partial charge < -0.3 is 9.80 Å². The summed E-state index contributed by atoms with van der Waals surface area (Å²) in [4.78, 5) is 33.3. The van der Waals surface area contributed by atoms with Crippen molar-refractivity contribution in [1.29, 1.82) is 0 Å². The number of rotatable bonds is 4. The third-order valence-corrected chi connectivity index (χ3v) is 7.55. The minimum Gasteiger partial charge on any atom is -0.338 e. The van der Waals surface area contributed by atoms with Crippen LogP contribution in [0.2, 0.25) is 0 Å². The number of nitrogens with zero attached hydrogens (tertiary/aromatic N) is 3. The molecule has 1 fully saturated rings. The number of halogens is 1. The third-order valence-electron chi connectivity index (χ3n) is 6.55. The molecule has 4 rings (SSSR count). The van der Waals surface area contributed by atoms with Crippen molar-refractivity contribution in [2.75, 3.05) is 32.7 Å². The number of piperazine rings is 1. The van der Waals surface area contributed by atoms with Gasteiger partial charge in [0.15, 0.2) is 0 Å². The lowest BCUT2D eigenvalue weighted by Gasteiger charge is -2.42. The average Bonchev–Trinajstić information content (AvgIpc) is 3.20. The quantitative estimate of drug-likeness (QED) is 0.667. The summed E-state index contributed by atoms with van der Waals surface area (Å²) in [6, 6.07) is 8.71. The molecule has 2 aromatic rings. The van der Waals surface area contributed by atoms with Gasteiger partial charge in [0.1, 0.15) is 5.82 Å². The summed E-state index contributed by atoms with van der Waals surface area (Å²) >= 11 is 1.73. The first-order valence-electron chi connectivity index (χ1n) is 11.8. The van der Waals surface area contributed by atoms with Crippen LogP contribution in [-0.4, -0.2) is 65.3 Å². The number of carbonyl (C=O) groups is 2. The minimum atomic E-state index is -0.258. The number of fused-ring (bicyclic) bond motifs is 1. The molecule has 2 aliphatic heterocycles. The van der Waals surface area contributed by atoms with Gasteiger partial charge in [-0.1, -0.05) is 32.9 Å². The Morgan fingerprint density at radius 2 is 1.91 bits per heavy atom. The fourth-order valence-corrected chi connectivity index (χ4v) is 5.89. The Labute approximate surface area is 200 Å². The van der Waals surface area contributed by atoms with Crippen LogP contribution in [0.1, 0.15) is 56.2 Å². The topological polar surface area (TPSA) is 43.9 Å². The first kappa shape index (κ1) is 23.9. The highest BCUT2D eigenvalue weighted by molar-refractivity contribution is 7.10. The molecule has 2 atom stereocenters. The second-order valence-electron chi connectivity index (χ2n) is 10.5. The molecular formula is C26H34FN3O2S. The summed E-state index contributed by atoms with van der Waals surface area (Å²) in [6.45, 7) is 11.0. The van der Waals surface area contributed by atoms with E-state index >= 15 is 0 Å². The van der Waals surface area contributed by atoms with Crippen LogP contribution in [0.3, 0.4) is 0 Å². The Morgan fingerprint density at radius 1 is 1.12 bits per heavy atom. The Hall–Kier alpha value is -2.25. The number of hydrogen-bond donors (Lipinski definition) is 0. The van der Waals surface area contributed by atoms with E-state index in [1.165, 1.54) is 16.5 Å². The summed E-state index contributed by atoms with van der Waals surface area (Å²) in [7, 11) is 0. The van der Waals surface area contributed by atoms with Crippen molar-refractivity contribution in [1.82, 2.24) is 14.7 Å². The first-order valence-corrected chi connectivity index (χ1v) is 12.6. The molecule has 0 N–H and O–H groups in total. The molecule has 1 aromatic heterocycles. The summed E-state index contributed by atoms with van der Waals surface area (Å²) in [5.74, 6) is -0.0230. The maximum atomic E-state index is 14.0. The van der Waals surface area contributed by atoms with Crippen molar-refractivity contribution in [3.63, 3.8) is 0 Å². The van der Waals surface area contributed by atoms with Crippen LogP contribution in [0.4, 0.5) is 4.39 Å². The van der Waals surface area contributed by atoms with Gasteiger partial charge in [0.05, 0.1) is 12.6 Å². The van der Waals surface area contributed by atoms with E-state index in [9.17, 15) is 14.0 Å². The van der Waals surface area contributed by atoms with Gasteiger partial charge in [0.2, 0.25) is 11.8 Å². The number of hydrogen-bond acceptors (Lipinski definition) is 4. The average molecular weight is 472 g/mol. The maximum absolute atomic E-state index is 14.0. The minimum absolute atomic E-state index is 0.00129. The van der Waals surface area contributed by atoms with E-state index in [1.54, 1.807) is 23.5 Å². The standard InChI is InChI=1S/C26H34FN3O2S/c1-18-16-28(11-12-30(18)23(31)15-26(2,3)4)24(32)17-29-10-8-22-21(9-13-33-22)25(29)19-6-5-7-20(27)14-19/h5-7,9,13-14,18,25H,8,10-12,15-17H2,1-4H3/t18-,25-/m1/s1. The molecular weight excluding hydrogens is 437 g/mol. The fourth-order valence-electron chi connectivity index (χ4n) is 4.99. The highest BCUT2D eigenvalue weighted by atomic mass is 32.1. The Morgan fingerprint density at radius 3 is 2.61 bits per heavy atom.